The molecule has 1 heterocycles. The molecule has 1 amide bonds. The molecule has 6 nitrogen and oxygen atoms in total. The minimum absolute atomic E-state index is 0.00398. The lowest BCUT2D eigenvalue weighted by Crippen LogP contribution is -2.49. The summed E-state index contributed by atoms with van der Waals surface area (Å²) < 4.78 is 28.1. The smallest absolute Gasteiger partial charge is 0.243 e. The van der Waals surface area contributed by atoms with Crippen molar-refractivity contribution in [1.82, 2.24) is 9.62 Å². The minimum atomic E-state index is -3.75. The van der Waals surface area contributed by atoms with Crippen LogP contribution in [0.25, 0.3) is 0 Å². The van der Waals surface area contributed by atoms with Gasteiger partial charge in [-0.05, 0) is 56.1 Å². The highest BCUT2D eigenvalue weighted by Crippen LogP contribution is 2.40. The minimum Gasteiger partial charge on any atom is -0.353 e. The molecule has 0 aromatic heterocycles. The van der Waals surface area contributed by atoms with Crippen LogP contribution in [-0.2, 0) is 21.4 Å². The van der Waals surface area contributed by atoms with E-state index < -0.39 is 10.0 Å². The molecule has 0 radical (unpaired) electrons. The largest absolute Gasteiger partial charge is 0.353 e. The summed E-state index contributed by atoms with van der Waals surface area (Å²) in [6.45, 7) is 0.676. The summed E-state index contributed by atoms with van der Waals surface area (Å²) in [7, 11) is -3.75. The molecule has 3 aliphatic rings. The van der Waals surface area contributed by atoms with Gasteiger partial charge >= 0.3 is 0 Å². The Bertz CT molecular complexity index is 907. The first-order valence-electron chi connectivity index (χ1n) is 11.7. The number of benzene rings is 1. The van der Waals surface area contributed by atoms with Crippen LogP contribution >= 0.6 is 11.6 Å². The number of nitrogens with two attached hydrogens (primary N) is 1. The first kappa shape index (κ1) is 23.0. The number of rotatable bonds is 5. The van der Waals surface area contributed by atoms with Crippen molar-refractivity contribution >= 4 is 27.5 Å². The fraction of sp³-hybridized carbons (Fsp3) is 0.696. The molecule has 172 valence electrons. The Labute approximate surface area is 190 Å². The second-order valence-electron chi connectivity index (χ2n) is 9.45. The summed E-state index contributed by atoms with van der Waals surface area (Å²) in [5.74, 6) is 1.28. The maximum absolute atomic E-state index is 13.3. The van der Waals surface area contributed by atoms with E-state index in [0.717, 1.165) is 31.1 Å². The Kier molecular flexibility index (Phi) is 7.26. The van der Waals surface area contributed by atoms with Crippen molar-refractivity contribution in [2.45, 2.75) is 75.3 Å². The molecule has 0 spiro atoms. The number of nitrogens with one attached hydrogen (secondary N) is 1. The molecule has 4 unspecified atom stereocenters. The Morgan fingerprint density at radius 2 is 1.87 bits per heavy atom. The Hall–Kier alpha value is -1.15. The zero-order valence-electron chi connectivity index (χ0n) is 18.1. The number of carbonyl (C=O) groups excluding carboxylic acids is 1. The lowest BCUT2D eigenvalue weighted by atomic mass is 9.69. The van der Waals surface area contributed by atoms with Gasteiger partial charge in [-0.2, -0.15) is 4.31 Å². The molecule has 1 saturated heterocycles. The molecule has 0 bridgehead atoms. The lowest BCUT2D eigenvalue weighted by Gasteiger charge is -2.40. The number of carbonyl (C=O) groups is 1. The number of halogens is 1. The Balaban J connectivity index is 1.41. The van der Waals surface area contributed by atoms with Crippen LogP contribution in [0.2, 0.25) is 5.02 Å². The van der Waals surface area contributed by atoms with E-state index in [2.05, 4.69) is 5.32 Å². The number of hydrogen-bond acceptors (Lipinski definition) is 4. The van der Waals surface area contributed by atoms with Crippen molar-refractivity contribution in [2.75, 3.05) is 13.1 Å². The van der Waals surface area contributed by atoms with Gasteiger partial charge in [-0.1, -0.05) is 43.4 Å². The van der Waals surface area contributed by atoms with Gasteiger partial charge in [0.2, 0.25) is 15.9 Å². The average molecular weight is 468 g/mol. The molecule has 31 heavy (non-hydrogen) atoms. The molecule has 2 saturated carbocycles. The maximum Gasteiger partial charge on any atom is 0.243 e. The van der Waals surface area contributed by atoms with Crippen LogP contribution in [0.15, 0.2) is 23.1 Å². The zero-order valence-corrected chi connectivity index (χ0v) is 19.6. The van der Waals surface area contributed by atoms with Gasteiger partial charge in [0, 0.05) is 36.3 Å². The van der Waals surface area contributed by atoms with Crippen molar-refractivity contribution in [2.24, 2.45) is 23.5 Å². The highest BCUT2D eigenvalue weighted by Gasteiger charge is 2.37. The number of fused-ring (bicyclic) bond motifs is 1. The van der Waals surface area contributed by atoms with Crippen LogP contribution in [0, 0.1) is 17.8 Å². The predicted molar refractivity (Wildman–Crippen MR) is 122 cm³/mol. The second-order valence-corrected chi connectivity index (χ2v) is 11.8. The second kappa shape index (κ2) is 9.77. The van der Waals surface area contributed by atoms with E-state index in [-0.39, 0.29) is 35.9 Å². The highest BCUT2D eigenvalue weighted by atomic mass is 35.5. The molecule has 3 fully saturated rings. The third-order valence-electron chi connectivity index (χ3n) is 7.54. The van der Waals surface area contributed by atoms with Gasteiger partial charge in [0.15, 0.2) is 0 Å². The van der Waals surface area contributed by atoms with Crippen molar-refractivity contribution in [1.29, 1.82) is 0 Å². The number of amides is 1. The fourth-order valence-electron chi connectivity index (χ4n) is 5.82. The molecule has 1 aromatic rings. The summed E-state index contributed by atoms with van der Waals surface area (Å²) in [5.41, 5.74) is 6.20. The van der Waals surface area contributed by atoms with Crippen LogP contribution in [-0.4, -0.2) is 37.8 Å². The van der Waals surface area contributed by atoms with Crippen molar-refractivity contribution in [3.63, 3.8) is 0 Å². The van der Waals surface area contributed by atoms with Gasteiger partial charge in [0.1, 0.15) is 0 Å². The standard InChI is InChI=1S/C23H34ClN3O3S/c24-21-8-3-9-22(20(21)14-25)31(29,30)27-12-4-7-18(15-27)23(28)26-19-11-10-16-5-1-2-6-17(16)13-19/h3,8-9,16-19H,1-2,4-7,10-15,25H2,(H,26,28). The first-order valence-corrected chi connectivity index (χ1v) is 13.5. The van der Waals surface area contributed by atoms with E-state index in [1.165, 1.54) is 36.4 Å². The fourth-order valence-corrected chi connectivity index (χ4v) is 7.90. The van der Waals surface area contributed by atoms with Crippen LogP contribution in [0.5, 0.6) is 0 Å². The number of nitrogens with zero attached hydrogens (tertiary/aromatic N) is 1. The van der Waals surface area contributed by atoms with Gasteiger partial charge in [-0.25, -0.2) is 8.42 Å². The number of hydrogen-bond donors (Lipinski definition) is 2. The number of sulfonamides is 1. The van der Waals surface area contributed by atoms with Crippen molar-refractivity contribution < 1.29 is 13.2 Å². The predicted octanol–water partition coefficient (Wildman–Crippen LogP) is 3.67. The maximum atomic E-state index is 13.3. The van der Waals surface area contributed by atoms with Gasteiger partial charge in [-0.3, -0.25) is 4.79 Å². The molecule has 4 rings (SSSR count). The summed E-state index contributed by atoms with van der Waals surface area (Å²) in [4.78, 5) is 13.2. The third-order valence-corrected chi connectivity index (χ3v) is 9.84. The van der Waals surface area contributed by atoms with Crippen LogP contribution in [0.4, 0.5) is 0 Å². The summed E-state index contributed by atoms with van der Waals surface area (Å²) >= 11 is 6.18. The average Bonchev–Trinajstić information content (AvgIpc) is 2.79. The Morgan fingerprint density at radius 3 is 2.65 bits per heavy atom. The van der Waals surface area contributed by atoms with Crippen LogP contribution < -0.4 is 11.1 Å². The Morgan fingerprint density at radius 1 is 1.10 bits per heavy atom. The summed E-state index contributed by atoms with van der Waals surface area (Å²) in [6.07, 6.45) is 10.0. The highest BCUT2D eigenvalue weighted by molar-refractivity contribution is 7.89. The molecular weight excluding hydrogens is 434 g/mol. The van der Waals surface area contributed by atoms with E-state index in [1.807, 2.05) is 0 Å². The monoisotopic (exact) mass is 467 g/mol. The SMILES string of the molecule is NCc1c(Cl)cccc1S(=O)(=O)N1CCCC(C(=O)NC2CCC3CCCCC3C2)C1. The van der Waals surface area contributed by atoms with Crippen molar-refractivity contribution in [3.8, 4) is 0 Å². The molecule has 4 atom stereocenters. The van der Waals surface area contributed by atoms with E-state index in [1.54, 1.807) is 18.2 Å². The van der Waals surface area contributed by atoms with E-state index in [9.17, 15) is 13.2 Å². The number of piperidine rings is 1. The first-order chi connectivity index (χ1) is 14.9. The van der Waals surface area contributed by atoms with E-state index in [0.29, 0.717) is 23.6 Å². The summed E-state index contributed by atoms with van der Waals surface area (Å²) in [5, 5.41) is 3.62. The van der Waals surface area contributed by atoms with Gasteiger partial charge in [0.05, 0.1) is 10.8 Å². The van der Waals surface area contributed by atoms with Crippen molar-refractivity contribution in [3.05, 3.63) is 28.8 Å². The summed E-state index contributed by atoms with van der Waals surface area (Å²) in [6, 6.07) is 5.06. The third kappa shape index (κ3) is 4.95. The van der Waals surface area contributed by atoms with Crippen LogP contribution in [0.3, 0.4) is 0 Å². The molecule has 3 N–H and O–H groups in total. The normalized spacial score (nSPS) is 29.9. The zero-order chi connectivity index (χ0) is 22.0. The molecule has 1 aliphatic heterocycles. The van der Waals surface area contributed by atoms with Crippen LogP contribution in [0.1, 0.15) is 63.4 Å². The lowest BCUT2D eigenvalue weighted by molar-refractivity contribution is -0.127. The molecule has 1 aromatic carbocycles. The topological polar surface area (TPSA) is 92.5 Å². The molecular formula is C23H34ClN3O3S. The quantitative estimate of drug-likeness (QED) is 0.690. The molecule has 8 heteroatoms. The van der Waals surface area contributed by atoms with Gasteiger partial charge in [-0.15, -0.1) is 0 Å². The van der Waals surface area contributed by atoms with Gasteiger partial charge < -0.3 is 11.1 Å². The van der Waals surface area contributed by atoms with E-state index in [4.69, 9.17) is 17.3 Å². The molecule has 2 aliphatic carbocycles. The van der Waals surface area contributed by atoms with Gasteiger partial charge in [0.25, 0.3) is 0 Å². The van der Waals surface area contributed by atoms with E-state index >= 15 is 0 Å².